The van der Waals surface area contributed by atoms with Crippen LogP contribution in [0.3, 0.4) is 0 Å². The summed E-state index contributed by atoms with van der Waals surface area (Å²) in [5, 5.41) is 22.3. The van der Waals surface area contributed by atoms with Crippen LogP contribution in [0.25, 0.3) is 0 Å². The van der Waals surface area contributed by atoms with Gasteiger partial charge in [-0.2, -0.15) is 5.26 Å². The Morgan fingerprint density at radius 1 is 1.43 bits per heavy atom. The number of alkyl carbamates (subject to hydrolysis) is 1. The van der Waals surface area contributed by atoms with E-state index >= 15 is 0 Å². The Morgan fingerprint density at radius 2 is 2.09 bits per heavy atom. The maximum absolute atomic E-state index is 12.0. The lowest BCUT2D eigenvalue weighted by atomic mass is 9.85. The second-order valence-electron chi connectivity index (χ2n) is 7.14. The third-order valence-corrected chi connectivity index (χ3v) is 3.57. The number of hydrogen-bond acceptors (Lipinski definition) is 5. The minimum Gasteiger partial charge on any atom is -0.485 e. The predicted octanol–water partition coefficient (Wildman–Crippen LogP) is 2.66. The van der Waals surface area contributed by atoms with Crippen LogP contribution in [-0.4, -0.2) is 28.4 Å². The van der Waals surface area contributed by atoms with Crippen LogP contribution < -0.4 is 10.1 Å². The molecule has 6 heteroatoms. The first-order valence-corrected chi connectivity index (χ1v) is 7.44. The molecule has 0 saturated carbocycles. The van der Waals surface area contributed by atoms with Crippen molar-refractivity contribution in [3.63, 3.8) is 0 Å². The molecule has 1 aromatic carbocycles. The molecule has 0 fully saturated rings. The number of ether oxygens (including phenoxy) is 2. The van der Waals surface area contributed by atoms with Crippen LogP contribution in [0.1, 0.15) is 51.8 Å². The summed E-state index contributed by atoms with van der Waals surface area (Å²) in [6, 6.07) is 6.17. The molecule has 0 aliphatic carbocycles. The Labute approximate surface area is 136 Å². The van der Waals surface area contributed by atoms with E-state index in [0.29, 0.717) is 16.9 Å². The molecule has 0 bridgehead atoms. The molecule has 0 spiro atoms. The van der Waals surface area contributed by atoms with Crippen molar-refractivity contribution in [3.05, 3.63) is 29.3 Å². The van der Waals surface area contributed by atoms with E-state index in [2.05, 4.69) is 5.32 Å². The number of rotatable bonds is 1. The molecule has 6 nitrogen and oxygen atoms in total. The molecule has 2 rings (SSSR count). The molecule has 0 aromatic heterocycles. The summed E-state index contributed by atoms with van der Waals surface area (Å²) in [5.74, 6) is 0.503. The molecule has 1 heterocycles. The minimum absolute atomic E-state index is 0.419. The number of aliphatic hydroxyl groups excluding tert-OH is 1. The molecular formula is C17H22N2O4. The van der Waals surface area contributed by atoms with Crippen molar-refractivity contribution in [2.24, 2.45) is 0 Å². The number of nitrogens with one attached hydrogen (secondary N) is 1. The van der Waals surface area contributed by atoms with E-state index < -0.39 is 29.4 Å². The molecule has 1 amide bonds. The lowest BCUT2D eigenvalue weighted by Gasteiger charge is -2.43. The van der Waals surface area contributed by atoms with Gasteiger partial charge in [-0.3, -0.25) is 0 Å². The number of benzene rings is 1. The fourth-order valence-corrected chi connectivity index (χ4v) is 2.54. The zero-order valence-corrected chi connectivity index (χ0v) is 14.0. The highest BCUT2D eigenvalue weighted by molar-refractivity contribution is 5.68. The predicted molar refractivity (Wildman–Crippen MR) is 84.0 cm³/mol. The van der Waals surface area contributed by atoms with Gasteiger partial charge in [0.05, 0.1) is 11.6 Å². The van der Waals surface area contributed by atoms with Crippen molar-refractivity contribution in [1.29, 1.82) is 5.26 Å². The van der Waals surface area contributed by atoms with Gasteiger partial charge in [0.2, 0.25) is 0 Å². The molecular weight excluding hydrogens is 296 g/mol. The monoisotopic (exact) mass is 318 g/mol. The van der Waals surface area contributed by atoms with Crippen molar-refractivity contribution < 1.29 is 19.4 Å². The normalized spacial score (nSPS) is 22.3. The second-order valence-corrected chi connectivity index (χ2v) is 7.14. The Hall–Kier alpha value is -2.26. The third-order valence-electron chi connectivity index (χ3n) is 3.57. The Kier molecular flexibility index (Phi) is 4.27. The number of amides is 1. The highest BCUT2D eigenvalue weighted by Crippen LogP contribution is 2.40. The van der Waals surface area contributed by atoms with E-state index in [9.17, 15) is 9.90 Å². The molecule has 2 atom stereocenters. The van der Waals surface area contributed by atoms with Gasteiger partial charge in [-0.05, 0) is 52.8 Å². The van der Waals surface area contributed by atoms with E-state index in [1.807, 2.05) is 6.07 Å². The van der Waals surface area contributed by atoms with Crippen LogP contribution in [0.2, 0.25) is 0 Å². The van der Waals surface area contributed by atoms with Crippen molar-refractivity contribution in [2.75, 3.05) is 0 Å². The SMILES string of the molecule is CC(C)(C)OC(=O)N[C@H]1[C@H](O)c2cc(C#N)ccc2OC1(C)C. The van der Waals surface area contributed by atoms with Crippen molar-refractivity contribution in [1.82, 2.24) is 5.32 Å². The maximum atomic E-state index is 12.0. The van der Waals surface area contributed by atoms with E-state index in [-0.39, 0.29) is 0 Å². The van der Waals surface area contributed by atoms with Crippen LogP contribution in [0, 0.1) is 11.3 Å². The van der Waals surface area contributed by atoms with Gasteiger partial charge in [-0.1, -0.05) is 0 Å². The average Bonchev–Trinajstić information content (AvgIpc) is 2.41. The Bertz CT molecular complexity index is 656. The number of carbonyl (C=O) groups excluding carboxylic acids is 1. The quantitative estimate of drug-likeness (QED) is 0.830. The smallest absolute Gasteiger partial charge is 0.408 e. The zero-order chi connectivity index (χ0) is 17.4. The number of nitrogens with zero attached hydrogens (tertiary/aromatic N) is 1. The minimum atomic E-state index is -1.01. The Balaban J connectivity index is 2.29. The van der Waals surface area contributed by atoms with E-state index in [4.69, 9.17) is 14.7 Å². The summed E-state index contributed by atoms with van der Waals surface area (Å²) < 4.78 is 11.1. The number of hydrogen-bond donors (Lipinski definition) is 2. The van der Waals surface area contributed by atoms with Gasteiger partial charge in [-0.25, -0.2) is 4.79 Å². The summed E-state index contributed by atoms with van der Waals surface area (Å²) >= 11 is 0. The van der Waals surface area contributed by atoms with Gasteiger partial charge < -0.3 is 19.9 Å². The number of aliphatic hydroxyl groups is 1. The van der Waals surface area contributed by atoms with Gasteiger partial charge >= 0.3 is 6.09 Å². The number of nitriles is 1. The highest BCUT2D eigenvalue weighted by Gasteiger charge is 2.44. The fraction of sp³-hybridized carbons (Fsp3) is 0.529. The average molecular weight is 318 g/mol. The van der Waals surface area contributed by atoms with Gasteiger partial charge in [-0.15, -0.1) is 0 Å². The van der Waals surface area contributed by atoms with Gasteiger partial charge in [0, 0.05) is 5.56 Å². The third kappa shape index (κ3) is 3.74. The van der Waals surface area contributed by atoms with Crippen LogP contribution in [0.4, 0.5) is 4.79 Å². The van der Waals surface area contributed by atoms with Crippen molar-refractivity contribution in [2.45, 2.75) is 58.0 Å². The molecule has 23 heavy (non-hydrogen) atoms. The van der Waals surface area contributed by atoms with Crippen LogP contribution in [0.15, 0.2) is 18.2 Å². The largest absolute Gasteiger partial charge is 0.485 e. The highest BCUT2D eigenvalue weighted by atomic mass is 16.6. The first-order chi connectivity index (χ1) is 10.5. The van der Waals surface area contributed by atoms with Gasteiger partial charge in [0.1, 0.15) is 29.1 Å². The van der Waals surface area contributed by atoms with Crippen molar-refractivity contribution in [3.8, 4) is 11.8 Å². The van der Waals surface area contributed by atoms with Crippen LogP contribution in [0.5, 0.6) is 5.75 Å². The standard InChI is InChI=1S/C17H22N2O4/c1-16(2,3)23-15(21)19-14-13(20)11-8-10(9-18)6-7-12(11)22-17(14,4)5/h6-8,13-14,20H,1-5H3,(H,19,21)/t13-,14+/m1/s1. The summed E-state index contributed by atoms with van der Waals surface area (Å²) in [4.78, 5) is 12.0. The van der Waals surface area contributed by atoms with Crippen LogP contribution >= 0.6 is 0 Å². The molecule has 124 valence electrons. The summed E-state index contributed by atoms with van der Waals surface area (Å²) in [5.41, 5.74) is -0.579. The molecule has 0 unspecified atom stereocenters. The first kappa shape index (κ1) is 17.1. The molecule has 1 aliphatic heterocycles. The molecule has 0 radical (unpaired) electrons. The molecule has 1 aromatic rings. The lowest BCUT2D eigenvalue weighted by molar-refractivity contribution is -0.0331. The van der Waals surface area contributed by atoms with E-state index in [1.165, 1.54) is 0 Å². The van der Waals surface area contributed by atoms with Gasteiger partial charge in [0.15, 0.2) is 0 Å². The summed E-state index contributed by atoms with van der Waals surface area (Å²) in [6.07, 6.45) is -1.63. The zero-order valence-electron chi connectivity index (χ0n) is 14.0. The van der Waals surface area contributed by atoms with Gasteiger partial charge in [0.25, 0.3) is 0 Å². The fourth-order valence-electron chi connectivity index (χ4n) is 2.54. The molecule has 1 aliphatic rings. The summed E-state index contributed by atoms with van der Waals surface area (Å²) in [6.45, 7) is 8.85. The van der Waals surface area contributed by atoms with E-state index in [0.717, 1.165) is 0 Å². The van der Waals surface area contributed by atoms with Crippen molar-refractivity contribution >= 4 is 6.09 Å². The Morgan fingerprint density at radius 3 is 2.65 bits per heavy atom. The molecule has 0 saturated heterocycles. The van der Waals surface area contributed by atoms with Crippen LogP contribution in [-0.2, 0) is 4.74 Å². The maximum Gasteiger partial charge on any atom is 0.408 e. The lowest BCUT2D eigenvalue weighted by Crippen LogP contribution is -2.58. The summed E-state index contributed by atoms with van der Waals surface area (Å²) in [7, 11) is 0. The molecule has 2 N–H and O–H groups in total. The number of fused-ring (bicyclic) bond motifs is 1. The topological polar surface area (TPSA) is 91.6 Å². The van der Waals surface area contributed by atoms with E-state index in [1.54, 1.807) is 52.8 Å². The second kappa shape index (κ2) is 5.74. The first-order valence-electron chi connectivity index (χ1n) is 7.44. The number of carbonyl (C=O) groups is 1.